The highest BCUT2D eigenvalue weighted by atomic mass is 14.2. The van der Waals surface area contributed by atoms with Crippen molar-refractivity contribution in [3.8, 4) is 11.1 Å². The van der Waals surface area contributed by atoms with Crippen LogP contribution in [0.4, 0.5) is 0 Å². The van der Waals surface area contributed by atoms with Crippen LogP contribution in [0.25, 0.3) is 17.2 Å². The fourth-order valence-electron chi connectivity index (χ4n) is 2.78. The summed E-state index contributed by atoms with van der Waals surface area (Å²) in [6.45, 7) is 4.50. The summed E-state index contributed by atoms with van der Waals surface area (Å²) in [6, 6.07) is 15.7. The van der Waals surface area contributed by atoms with E-state index in [2.05, 4.69) is 68.5 Å². The molecule has 2 aromatic rings. The molecule has 0 fully saturated rings. The summed E-state index contributed by atoms with van der Waals surface area (Å²) in [7, 11) is 0. The summed E-state index contributed by atoms with van der Waals surface area (Å²) in [4.78, 5) is 0. The predicted molar refractivity (Wildman–Crippen MR) is 83.3 cm³/mol. The van der Waals surface area contributed by atoms with Gasteiger partial charge in [0.1, 0.15) is 0 Å². The van der Waals surface area contributed by atoms with E-state index in [9.17, 15) is 0 Å². The Hall–Kier alpha value is -1.82. The summed E-state index contributed by atoms with van der Waals surface area (Å²) in [5, 5.41) is 0. The molecule has 0 nitrogen and oxygen atoms in total. The zero-order chi connectivity index (χ0) is 13.2. The summed E-state index contributed by atoms with van der Waals surface area (Å²) in [5.74, 6) is 0.579. The maximum absolute atomic E-state index is 2.34. The lowest BCUT2D eigenvalue weighted by Crippen LogP contribution is -1.97. The van der Waals surface area contributed by atoms with Crippen molar-refractivity contribution in [3.05, 3.63) is 65.2 Å². The monoisotopic (exact) mass is 248 g/mol. The molecule has 0 radical (unpaired) electrons. The lowest BCUT2D eigenvalue weighted by atomic mass is 9.89. The summed E-state index contributed by atoms with van der Waals surface area (Å²) < 4.78 is 0. The quantitative estimate of drug-likeness (QED) is 0.664. The molecule has 3 rings (SSSR count). The largest absolute Gasteiger partial charge is 0.0836 e. The third-order valence-corrected chi connectivity index (χ3v) is 3.93. The molecule has 0 unspecified atom stereocenters. The Morgan fingerprint density at radius 3 is 2.68 bits per heavy atom. The van der Waals surface area contributed by atoms with E-state index in [0.29, 0.717) is 5.92 Å². The van der Waals surface area contributed by atoms with Crippen molar-refractivity contribution in [2.24, 2.45) is 0 Å². The van der Waals surface area contributed by atoms with Gasteiger partial charge in [-0.1, -0.05) is 68.5 Å². The van der Waals surface area contributed by atoms with E-state index in [1.54, 1.807) is 0 Å². The molecule has 0 spiro atoms. The summed E-state index contributed by atoms with van der Waals surface area (Å²) >= 11 is 0. The smallest absolute Gasteiger partial charge is 0.0109 e. The van der Waals surface area contributed by atoms with Crippen molar-refractivity contribution in [1.82, 2.24) is 0 Å². The molecule has 0 atom stereocenters. The molecule has 0 heteroatoms. The number of allylic oxidation sites excluding steroid dienone is 1. The molecule has 96 valence electrons. The van der Waals surface area contributed by atoms with E-state index in [4.69, 9.17) is 0 Å². The SMILES string of the molecule is CC(C)c1cccc(-c2cccc3c2C=CCC3)c1. The van der Waals surface area contributed by atoms with E-state index in [0.717, 1.165) is 0 Å². The first kappa shape index (κ1) is 12.2. The number of hydrogen-bond donors (Lipinski definition) is 0. The maximum atomic E-state index is 2.34. The molecule has 0 heterocycles. The minimum atomic E-state index is 0.579. The van der Waals surface area contributed by atoms with Gasteiger partial charge in [-0.25, -0.2) is 0 Å². The zero-order valence-electron chi connectivity index (χ0n) is 11.7. The molecule has 1 aliphatic carbocycles. The standard InChI is InChI=1S/C19H20/c1-14(2)16-9-5-10-17(13-16)19-12-6-8-15-7-3-4-11-18(15)19/h4-6,8-14H,3,7H2,1-2H3. The van der Waals surface area contributed by atoms with Crippen molar-refractivity contribution >= 4 is 6.08 Å². The molecule has 0 aromatic heterocycles. The highest BCUT2D eigenvalue weighted by Gasteiger charge is 2.11. The Balaban J connectivity index is 2.13. The highest BCUT2D eigenvalue weighted by molar-refractivity contribution is 5.78. The Bertz CT molecular complexity index is 618. The molecule has 0 saturated heterocycles. The van der Waals surface area contributed by atoms with Crippen molar-refractivity contribution in [3.63, 3.8) is 0 Å². The van der Waals surface area contributed by atoms with Gasteiger partial charge in [0.15, 0.2) is 0 Å². The van der Waals surface area contributed by atoms with Crippen molar-refractivity contribution in [2.45, 2.75) is 32.6 Å². The van der Waals surface area contributed by atoms with Crippen LogP contribution in [0, 0.1) is 0 Å². The van der Waals surface area contributed by atoms with Gasteiger partial charge in [0.05, 0.1) is 0 Å². The maximum Gasteiger partial charge on any atom is -0.0109 e. The van der Waals surface area contributed by atoms with E-state index in [-0.39, 0.29) is 0 Å². The average Bonchev–Trinajstić information content (AvgIpc) is 2.47. The number of benzene rings is 2. The molecule has 2 aromatic carbocycles. The molecule has 0 N–H and O–H groups in total. The second kappa shape index (κ2) is 5.05. The molecular formula is C19H20. The molecule has 0 aliphatic heterocycles. The van der Waals surface area contributed by atoms with Gasteiger partial charge >= 0.3 is 0 Å². The molecule has 1 aliphatic rings. The lowest BCUT2D eigenvalue weighted by Gasteiger charge is -2.16. The molecule has 0 amide bonds. The van der Waals surface area contributed by atoms with E-state index < -0.39 is 0 Å². The van der Waals surface area contributed by atoms with E-state index in [1.165, 1.54) is 40.7 Å². The minimum absolute atomic E-state index is 0.579. The van der Waals surface area contributed by atoms with Crippen LogP contribution in [0.5, 0.6) is 0 Å². The van der Waals surface area contributed by atoms with Gasteiger partial charge in [0, 0.05) is 0 Å². The zero-order valence-corrected chi connectivity index (χ0v) is 11.7. The van der Waals surface area contributed by atoms with Gasteiger partial charge in [0.25, 0.3) is 0 Å². The van der Waals surface area contributed by atoms with Gasteiger partial charge in [-0.15, -0.1) is 0 Å². The average molecular weight is 248 g/mol. The third-order valence-electron chi connectivity index (χ3n) is 3.93. The van der Waals surface area contributed by atoms with Crippen LogP contribution in [-0.2, 0) is 6.42 Å². The summed E-state index contributed by atoms with van der Waals surface area (Å²) in [5.41, 5.74) is 7.02. The van der Waals surface area contributed by atoms with Crippen molar-refractivity contribution in [1.29, 1.82) is 0 Å². The highest BCUT2D eigenvalue weighted by Crippen LogP contribution is 2.32. The number of hydrogen-bond acceptors (Lipinski definition) is 0. The lowest BCUT2D eigenvalue weighted by molar-refractivity contribution is 0.867. The third kappa shape index (κ3) is 2.35. The molecule has 19 heavy (non-hydrogen) atoms. The van der Waals surface area contributed by atoms with Gasteiger partial charge < -0.3 is 0 Å². The Labute approximate surface area is 115 Å². The fourth-order valence-corrected chi connectivity index (χ4v) is 2.78. The molecular weight excluding hydrogens is 228 g/mol. The topological polar surface area (TPSA) is 0 Å². The Kier molecular flexibility index (Phi) is 3.25. The number of fused-ring (bicyclic) bond motifs is 1. The van der Waals surface area contributed by atoms with Crippen LogP contribution in [0.3, 0.4) is 0 Å². The Morgan fingerprint density at radius 1 is 1.00 bits per heavy atom. The van der Waals surface area contributed by atoms with Gasteiger partial charge in [-0.3, -0.25) is 0 Å². The van der Waals surface area contributed by atoms with Crippen LogP contribution >= 0.6 is 0 Å². The second-order valence-electron chi connectivity index (χ2n) is 5.60. The van der Waals surface area contributed by atoms with Crippen LogP contribution in [0.1, 0.15) is 42.9 Å². The first-order valence-electron chi connectivity index (χ1n) is 7.14. The Morgan fingerprint density at radius 2 is 1.84 bits per heavy atom. The van der Waals surface area contributed by atoms with E-state index in [1.807, 2.05) is 0 Å². The second-order valence-corrected chi connectivity index (χ2v) is 5.60. The number of rotatable bonds is 2. The van der Waals surface area contributed by atoms with Crippen molar-refractivity contribution in [2.75, 3.05) is 0 Å². The number of aryl methyl sites for hydroxylation is 1. The van der Waals surface area contributed by atoms with Crippen LogP contribution in [0.2, 0.25) is 0 Å². The molecule has 0 bridgehead atoms. The first-order chi connectivity index (χ1) is 9.25. The van der Waals surface area contributed by atoms with E-state index >= 15 is 0 Å². The molecule has 0 saturated carbocycles. The normalized spacial score (nSPS) is 13.6. The van der Waals surface area contributed by atoms with Gasteiger partial charge in [0.2, 0.25) is 0 Å². The van der Waals surface area contributed by atoms with Crippen LogP contribution in [-0.4, -0.2) is 0 Å². The minimum Gasteiger partial charge on any atom is -0.0836 e. The van der Waals surface area contributed by atoms with Gasteiger partial charge in [-0.2, -0.15) is 0 Å². The van der Waals surface area contributed by atoms with Crippen LogP contribution < -0.4 is 0 Å². The predicted octanol–water partition coefficient (Wildman–Crippen LogP) is 5.44. The van der Waals surface area contributed by atoms with Crippen molar-refractivity contribution < 1.29 is 0 Å². The van der Waals surface area contributed by atoms with Gasteiger partial charge in [-0.05, 0) is 46.6 Å². The van der Waals surface area contributed by atoms with Crippen LogP contribution in [0.15, 0.2) is 48.5 Å². The summed E-state index contributed by atoms with van der Waals surface area (Å²) in [6.07, 6.45) is 6.92. The first-order valence-corrected chi connectivity index (χ1v) is 7.14. The fraction of sp³-hybridized carbons (Fsp3) is 0.263.